The van der Waals surface area contributed by atoms with Crippen molar-refractivity contribution in [2.45, 2.75) is 35.6 Å². The number of aromatic nitrogens is 2. The summed E-state index contributed by atoms with van der Waals surface area (Å²) in [5, 5.41) is 24.6. The lowest BCUT2D eigenvalue weighted by Crippen LogP contribution is -2.25. The molecule has 1 aliphatic heterocycles. The predicted octanol–water partition coefficient (Wildman–Crippen LogP) is 5.05. The minimum Gasteiger partial charge on any atom is -0.477 e. The molecule has 2 heterocycles. The van der Waals surface area contributed by atoms with Gasteiger partial charge >= 0.3 is 5.97 Å². The number of nitrogens with two attached hydrogens (primary N) is 1. The summed E-state index contributed by atoms with van der Waals surface area (Å²) >= 11 is 1.39. The lowest BCUT2D eigenvalue weighted by molar-refractivity contribution is -0.133. The summed E-state index contributed by atoms with van der Waals surface area (Å²) < 4.78 is 25.5. The number of aliphatic carboxylic acids is 1. The maximum absolute atomic E-state index is 11.8. The Kier molecular flexibility index (Phi) is 6.54. The van der Waals surface area contributed by atoms with E-state index in [1.165, 1.54) is 23.9 Å². The zero-order valence-corrected chi connectivity index (χ0v) is 22.5. The second-order valence-electron chi connectivity index (χ2n) is 9.71. The Bertz CT molecular complexity index is 1690. The average molecular weight is 559 g/mol. The monoisotopic (exact) mass is 558 g/mol. The fourth-order valence-corrected chi connectivity index (χ4v) is 6.32. The number of thioether (sulfide) groups is 1. The number of hydrogen-bond acceptors (Lipinski definition) is 6. The van der Waals surface area contributed by atoms with Crippen LogP contribution >= 0.6 is 11.8 Å². The molecule has 0 bridgehead atoms. The molecule has 0 amide bonds. The Morgan fingerprint density at radius 3 is 2.33 bits per heavy atom. The highest BCUT2D eigenvalue weighted by Crippen LogP contribution is 2.47. The molecule has 1 aliphatic carbocycles. The summed E-state index contributed by atoms with van der Waals surface area (Å²) in [5.41, 5.74) is 6.80. The van der Waals surface area contributed by atoms with E-state index in [2.05, 4.69) is 29.6 Å². The van der Waals surface area contributed by atoms with Crippen LogP contribution in [0.4, 0.5) is 0 Å². The minimum absolute atomic E-state index is 0.0685. The molecule has 1 saturated carbocycles. The van der Waals surface area contributed by atoms with E-state index in [-0.39, 0.29) is 16.1 Å². The molecule has 3 aromatic carbocycles. The summed E-state index contributed by atoms with van der Waals surface area (Å²) in [7, 11) is -3.79. The fourth-order valence-electron chi connectivity index (χ4n) is 4.90. The van der Waals surface area contributed by atoms with Crippen molar-refractivity contribution in [1.82, 2.24) is 15.1 Å². The summed E-state index contributed by atoms with van der Waals surface area (Å²) in [6.07, 6.45) is 2.60. The summed E-state index contributed by atoms with van der Waals surface area (Å²) in [5.74, 6) is -0.686. The van der Waals surface area contributed by atoms with E-state index in [1.54, 1.807) is 17.5 Å². The molecule has 1 atom stereocenters. The molecule has 4 aromatic rings. The fraction of sp³-hybridized carbons (Fsp3) is 0.172. The first kappa shape index (κ1) is 25.4. The number of carbonyl (C=O) groups is 1. The Labute approximate surface area is 230 Å². The van der Waals surface area contributed by atoms with Crippen molar-refractivity contribution in [3.8, 4) is 22.4 Å². The SMILES string of the molecule is NS(=O)(=O)c1ccc(Cc2c(-c3cccc(-c4ccccc4)c3)nn(C3NC(C(=O)O)=CS3)c2C2CC2)cc1. The summed E-state index contributed by atoms with van der Waals surface area (Å²) in [6, 6.07) is 25.0. The third-order valence-electron chi connectivity index (χ3n) is 6.94. The van der Waals surface area contributed by atoms with Crippen LogP contribution in [0.1, 0.15) is 41.1 Å². The van der Waals surface area contributed by atoms with Gasteiger partial charge < -0.3 is 10.4 Å². The highest BCUT2D eigenvalue weighted by Gasteiger charge is 2.36. The Balaban J connectivity index is 1.46. The molecule has 0 spiro atoms. The van der Waals surface area contributed by atoms with Gasteiger partial charge in [-0.2, -0.15) is 5.10 Å². The molecule has 8 nitrogen and oxygen atoms in total. The molecule has 6 rings (SSSR count). The number of rotatable bonds is 8. The number of sulfonamides is 1. The number of carboxylic acid groups (broad SMARTS) is 1. The molecule has 1 unspecified atom stereocenters. The Morgan fingerprint density at radius 2 is 1.69 bits per heavy atom. The van der Waals surface area contributed by atoms with Crippen LogP contribution in [0.2, 0.25) is 0 Å². The molecule has 0 radical (unpaired) electrons. The number of hydrogen-bond donors (Lipinski definition) is 3. The average Bonchev–Trinajstić information content (AvgIpc) is 3.51. The van der Waals surface area contributed by atoms with Gasteiger partial charge in [0.2, 0.25) is 10.0 Å². The van der Waals surface area contributed by atoms with Gasteiger partial charge in [0, 0.05) is 34.6 Å². The maximum Gasteiger partial charge on any atom is 0.352 e. The molecule has 0 saturated heterocycles. The van der Waals surface area contributed by atoms with Crippen molar-refractivity contribution in [2.75, 3.05) is 0 Å². The first-order chi connectivity index (χ1) is 18.8. The zero-order chi connectivity index (χ0) is 27.1. The third kappa shape index (κ3) is 5.23. The van der Waals surface area contributed by atoms with Crippen molar-refractivity contribution in [3.05, 3.63) is 107 Å². The van der Waals surface area contributed by atoms with Gasteiger partial charge in [-0.05, 0) is 47.7 Å². The number of nitrogens with zero attached hydrogens (tertiary/aromatic N) is 2. The molecule has 10 heteroatoms. The number of carboxylic acids is 1. The van der Waals surface area contributed by atoms with Gasteiger partial charge in [0.1, 0.15) is 5.70 Å². The van der Waals surface area contributed by atoms with Crippen molar-refractivity contribution in [2.24, 2.45) is 5.14 Å². The van der Waals surface area contributed by atoms with Crippen LogP contribution in [-0.4, -0.2) is 29.3 Å². The lowest BCUT2D eigenvalue weighted by Gasteiger charge is -2.16. The van der Waals surface area contributed by atoms with E-state index in [1.807, 2.05) is 35.0 Å². The number of primary sulfonamides is 1. The van der Waals surface area contributed by atoms with Crippen LogP contribution < -0.4 is 10.5 Å². The molecule has 1 fully saturated rings. The first-order valence-corrected chi connectivity index (χ1v) is 15.0. The van der Waals surface area contributed by atoms with E-state index in [0.29, 0.717) is 12.3 Å². The molecular weight excluding hydrogens is 532 g/mol. The van der Waals surface area contributed by atoms with Gasteiger partial charge in [-0.1, -0.05) is 72.4 Å². The first-order valence-electron chi connectivity index (χ1n) is 12.5. The van der Waals surface area contributed by atoms with E-state index < -0.39 is 16.0 Å². The van der Waals surface area contributed by atoms with Crippen LogP contribution in [0.3, 0.4) is 0 Å². The van der Waals surface area contributed by atoms with Crippen molar-refractivity contribution in [3.63, 3.8) is 0 Å². The van der Waals surface area contributed by atoms with Gasteiger partial charge in [-0.3, -0.25) is 0 Å². The summed E-state index contributed by atoms with van der Waals surface area (Å²) in [6.45, 7) is 0. The standard InChI is InChI=1S/C29H26N4O4S2/c30-39(36,37)23-13-9-18(10-14-23)15-24-26(22-8-4-7-21(16-22)19-5-2-1-3-6-19)32-33(27(24)20-11-12-20)29-31-25(17-38-29)28(34)35/h1-10,13-14,16-17,20,29,31H,11-12,15H2,(H,34,35)(H2,30,36,37). The van der Waals surface area contributed by atoms with Crippen molar-refractivity contribution < 1.29 is 18.3 Å². The van der Waals surface area contributed by atoms with Gasteiger partial charge in [0.15, 0.2) is 5.50 Å². The molecule has 1 aromatic heterocycles. The smallest absolute Gasteiger partial charge is 0.352 e. The van der Waals surface area contributed by atoms with Crippen molar-refractivity contribution >= 4 is 27.8 Å². The Morgan fingerprint density at radius 1 is 1.00 bits per heavy atom. The number of benzene rings is 3. The molecule has 39 heavy (non-hydrogen) atoms. The third-order valence-corrected chi connectivity index (χ3v) is 8.81. The lowest BCUT2D eigenvalue weighted by atomic mass is 9.95. The van der Waals surface area contributed by atoms with Crippen LogP contribution in [0, 0.1) is 0 Å². The highest BCUT2D eigenvalue weighted by atomic mass is 32.2. The van der Waals surface area contributed by atoms with Crippen LogP contribution in [0.15, 0.2) is 94.9 Å². The van der Waals surface area contributed by atoms with Gasteiger partial charge in [0.05, 0.1) is 10.6 Å². The highest BCUT2D eigenvalue weighted by molar-refractivity contribution is 8.02. The van der Waals surface area contributed by atoms with Crippen LogP contribution in [0.5, 0.6) is 0 Å². The van der Waals surface area contributed by atoms with Gasteiger partial charge in [0.25, 0.3) is 0 Å². The van der Waals surface area contributed by atoms with E-state index in [0.717, 1.165) is 52.0 Å². The van der Waals surface area contributed by atoms with E-state index in [9.17, 15) is 18.3 Å². The van der Waals surface area contributed by atoms with Crippen molar-refractivity contribution in [1.29, 1.82) is 0 Å². The molecular formula is C29H26N4O4S2. The topological polar surface area (TPSA) is 127 Å². The summed E-state index contributed by atoms with van der Waals surface area (Å²) in [4.78, 5) is 11.7. The minimum atomic E-state index is -3.79. The van der Waals surface area contributed by atoms with Crippen LogP contribution in [0.25, 0.3) is 22.4 Å². The largest absolute Gasteiger partial charge is 0.477 e. The maximum atomic E-state index is 11.8. The van der Waals surface area contributed by atoms with E-state index in [4.69, 9.17) is 10.2 Å². The second-order valence-corrected chi connectivity index (χ2v) is 12.2. The van der Waals surface area contributed by atoms with Gasteiger partial charge in [-0.15, -0.1) is 0 Å². The molecule has 2 aliphatic rings. The quantitative estimate of drug-likeness (QED) is 0.276. The normalized spacial score (nSPS) is 17.1. The number of nitrogens with one attached hydrogen (secondary N) is 1. The Hall–Kier alpha value is -3.86. The second kappa shape index (κ2) is 10.0. The molecule has 198 valence electrons. The zero-order valence-electron chi connectivity index (χ0n) is 20.8. The van der Waals surface area contributed by atoms with Gasteiger partial charge in [-0.25, -0.2) is 23.0 Å². The molecule has 4 N–H and O–H groups in total. The van der Waals surface area contributed by atoms with Crippen LogP contribution in [-0.2, 0) is 21.2 Å². The van der Waals surface area contributed by atoms with E-state index >= 15 is 0 Å². The predicted molar refractivity (Wildman–Crippen MR) is 151 cm³/mol.